The Hall–Kier alpha value is -2.01. The van der Waals surface area contributed by atoms with Crippen LogP contribution in [0.1, 0.15) is 42.5 Å². The molecule has 2 aromatic heterocycles. The second-order valence-corrected chi connectivity index (χ2v) is 5.81. The van der Waals surface area contributed by atoms with Gasteiger partial charge in [-0.1, -0.05) is 19.9 Å². The number of nitrogens with one attached hydrogen (secondary N) is 1. The first-order valence-electron chi connectivity index (χ1n) is 7.37. The Bertz CT molecular complexity index is 678. The molecule has 0 radical (unpaired) electrons. The Morgan fingerprint density at radius 2 is 2.24 bits per heavy atom. The average molecular weight is 284 g/mol. The van der Waals surface area contributed by atoms with Crippen LogP contribution in [0.15, 0.2) is 29.2 Å². The molecule has 0 spiro atoms. The number of pyridine rings is 1. The highest BCUT2D eigenvalue weighted by molar-refractivity contribution is 5.21. The minimum absolute atomic E-state index is 0.00872. The van der Waals surface area contributed by atoms with E-state index in [0.717, 1.165) is 42.3 Å². The number of rotatable bonds is 3. The maximum absolute atomic E-state index is 12.2. The summed E-state index contributed by atoms with van der Waals surface area (Å²) < 4.78 is 0. The van der Waals surface area contributed by atoms with E-state index in [1.54, 1.807) is 6.20 Å². The number of fused-ring (bicyclic) bond motifs is 1. The quantitative estimate of drug-likeness (QED) is 0.934. The van der Waals surface area contributed by atoms with Gasteiger partial charge < -0.3 is 4.98 Å². The summed E-state index contributed by atoms with van der Waals surface area (Å²) in [5.41, 5.74) is 2.81. The summed E-state index contributed by atoms with van der Waals surface area (Å²) in [6.07, 6.45) is 2.63. The smallest absolute Gasteiger partial charge is 0.255 e. The van der Waals surface area contributed by atoms with E-state index in [4.69, 9.17) is 0 Å². The number of hydrogen-bond donors (Lipinski definition) is 1. The van der Waals surface area contributed by atoms with E-state index in [1.807, 2.05) is 32.0 Å². The summed E-state index contributed by atoms with van der Waals surface area (Å²) in [6.45, 7) is 6.41. The number of nitrogens with zero attached hydrogens (tertiary/aromatic N) is 3. The maximum atomic E-state index is 12.2. The van der Waals surface area contributed by atoms with Crippen molar-refractivity contribution in [3.63, 3.8) is 0 Å². The van der Waals surface area contributed by atoms with E-state index in [-0.39, 0.29) is 11.5 Å². The molecule has 1 N–H and O–H groups in total. The summed E-state index contributed by atoms with van der Waals surface area (Å²) in [4.78, 5) is 26.4. The molecule has 3 rings (SSSR count). The molecule has 0 aliphatic carbocycles. The van der Waals surface area contributed by atoms with Gasteiger partial charge in [-0.15, -0.1) is 0 Å². The van der Waals surface area contributed by atoms with E-state index < -0.39 is 0 Å². The first-order chi connectivity index (χ1) is 10.1. The van der Waals surface area contributed by atoms with Crippen molar-refractivity contribution >= 4 is 0 Å². The van der Waals surface area contributed by atoms with Gasteiger partial charge in [-0.2, -0.15) is 0 Å². The summed E-state index contributed by atoms with van der Waals surface area (Å²) in [7, 11) is 0. The van der Waals surface area contributed by atoms with Crippen LogP contribution in [0.4, 0.5) is 0 Å². The van der Waals surface area contributed by atoms with Gasteiger partial charge in [0.1, 0.15) is 5.82 Å². The highest BCUT2D eigenvalue weighted by Gasteiger charge is 2.21. The molecule has 0 amide bonds. The molecule has 1 aliphatic heterocycles. The highest BCUT2D eigenvalue weighted by atomic mass is 16.1. The molecule has 0 saturated heterocycles. The Balaban J connectivity index is 1.81. The predicted molar refractivity (Wildman–Crippen MR) is 81.0 cm³/mol. The van der Waals surface area contributed by atoms with Gasteiger partial charge >= 0.3 is 0 Å². The number of hydrogen-bond acceptors (Lipinski definition) is 4. The van der Waals surface area contributed by atoms with Crippen LogP contribution < -0.4 is 5.56 Å². The standard InChI is InChI=1S/C16H20N4O/c1-11(2)15-18-14-6-8-20(10-13(14)16(21)19-15)9-12-5-3-4-7-17-12/h3-5,7,11H,6,8-10H2,1-2H3,(H,18,19,21). The first-order valence-corrected chi connectivity index (χ1v) is 7.37. The van der Waals surface area contributed by atoms with Crippen molar-refractivity contribution in [2.75, 3.05) is 6.54 Å². The second kappa shape index (κ2) is 5.77. The van der Waals surface area contributed by atoms with Gasteiger partial charge in [0.05, 0.1) is 17.0 Å². The molecular formula is C16H20N4O. The van der Waals surface area contributed by atoms with Gasteiger partial charge in [0, 0.05) is 38.2 Å². The molecule has 0 unspecified atom stereocenters. The summed E-state index contributed by atoms with van der Waals surface area (Å²) in [5.74, 6) is 1.03. The van der Waals surface area contributed by atoms with Gasteiger partial charge in [0.2, 0.25) is 0 Å². The van der Waals surface area contributed by atoms with Gasteiger partial charge in [-0.3, -0.25) is 14.7 Å². The SMILES string of the molecule is CC(C)c1nc2c(c(=O)[nH]1)CN(Cc1ccccn1)CC2. The Labute approximate surface area is 124 Å². The average Bonchev–Trinajstić information content (AvgIpc) is 2.48. The molecule has 0 aromatic carbocycles. The third-order valence-corrected chi connectivity index (χ3v) is 3.82. The van der Waals surface area contributed by atoms with E-state index in [0.29, 0.717) is 6.54 Å². The third-order valence-electron chi connectivity index (χ3n) is 3.82. The van der Waals surface area contributed by atoms with Crippen LogP contribution in [0.5, 0.6) is 0 Å². The molecule has 0 bridgehead atoms. The molecule has 0 atom stereocenters. The van der Waals surface area contributed by atoms with E-state index in [1.165, 1.54) is 0 Å². The van der Waals surface area contributed by atoms with Crippen molar-refractivity contribution < 1.29 is 0 Å². The lowest BCUT2D eigenvalue weighted by Crippen LogP contribution is -2.36. The van der Waals surface area contributed by atoms with Crippen LogP contribution in [-0.4, -0.2) is 26.4 Å². The number of aromatic amines is 1. The molecule has 5 nitrogen and oxygen atoms in total. The van der Waals surface area contributed by atoms with Crippen molar-refractivity contribution in [3.8, 4) is 0 Å². The Kier molecular flexibility index (Phi) is 3.84. The van der Waals surface area contributed by atoms with E-state index in [2.05, 4.69) is 19.9 Å². The van der Waals surface area contributed by atoms with Crippen molar-refractivity contribution in [1.29, 1.82) is 0 Å². The van der Waals surface area contributed by atoms with Gasteiger partial charge in [0.25, 0.3) is 5.56 Å². The van der Waals surface area contributed by atoms with Crippen LogP contribution in [0.3, 0.4) is 0 Å². The minimum atomic E-state index is 0.00872. The lowest BCUT2D eigenvalue weighted by atomic mass is 10.1. The minimum Gasteiger partial charge on any atom is -0.310 e. The van der Waals surface area contributed by atoms with Crippen LogP contribution in [0.2, 0.25) is 0 Å². The molecule has 2 aromatic rings. The molecular weight excluding hydrogens is 264 g/mol. The molecule has 21 heavy (non-hydrogen) atoms. The van der Waals surface area contributed by atoms with Crippen LogP contribution >= 0.6 is 0 Å². The molecule has 0 fully saturated rings. The van der Waals surface area contributed by atoms with Crippen molar-refractivity contribution in [3.05, 3.63) is 57.5 Å². The van der Waals surface area contributed by atoms with Gasteiger partial charge in [0.15, 0.2) is 0 Å². The molecule has 3 heterocycles. The molecule has 5 heteroatoms. The number of H-pyrrole nitrogens is 1. The normalized spacial score (nSPS) is 15.2. The van der Waals surface area contributed by atoms with Crippen molar-refractivity contribution in [2.45, 2.75) is 39.3 Å². The van der Waals surface area contributed by atoms with Gasteiger partial charge in [-0.05, 0) is 12.1 Å². The van der Waals surface area contributed by atoms with E-state index >= 15 is 0 Å². The fourth-order valence-corrected chi connectivity index (χ4v) is 2.63. The summed E-state index contributed by atoms with van der Waals surface area (Å²) in [6, 6.07) is 5.92. The zero-order chi connectivity index (χ0) is 14.8. The largest absolute Gasteiger partial charge is 0.310 e. The van der Waals surface area contributed by atoms with Crippen molar-refractivity contribution in [2.24, 2.45) is 0 Å². The van der Waals surface area contributed by atoms with Crippen LogP contribution in [-0.2, 0) is 19.5 Å². The van der Waals surface area contributed by atoms with Crippen LogP contribution in [0, 0.1) is 0 Å². The summed E-state index contributed by atoms with van der Waals surface area (Å²) in [5, 5.41) is 0. The highest BCUT2D eigenvalue weighted by Crippen LogP contribution is 2.17. The molecule has 110 valence electrons. The van der Waals surface area contributed by atoms with Crippen LogP contribution in [0.25, 0.3) is 0 Å². The summed E-state index contributed by atoms with van der Waals surface area (Å²) >= 11 is 0. The zero-order valence-corrected chi connectivity index (χ0v) is 12.5. The topological polar surface area (TPSA) is 61.9 Å². The van der Waals surface area contributed by atoms with Crippen molar-refractivity contribution in [1.82, 2.24) is 19.9 Å². The monoisotopic (exact) mass is 284 g/mol. The lowest BCUT2D eigenvalue weighted by molar-refractivity contribution is 0.238. The third kappa shape index (κ3) is 3.03. The molecule has 0 saturated carbocycles. The Morgan fingerprint density at radius 1 is 1.38 bits per heavy atom. The van der Waals surface area contributed by atoms with Gasteiger partial charge in [-0.25, -0.2) is 4.98 Å². The fraction of sp³-hybridized carbons (Fsp3) is 0.438. The second-order valence-electron chi connectivity index (χ2n) is 5.81. The predicted octanol–water partition coefficient (Wildman–Crippen LogP) is 1.85. The Morgan fingerprint density at radius 3 is 2.95 bits per heavy atom. The first kappa shape index (κ1) is 13.9. The van der Waals surface area contributed by atoms with E-state index in [9.17, 15) is 4.79 Å². The lowest BCUT2D eigenvalue weighted by Gasteiger charge is -2.27. The zero-order valence-electron chi connectivity index (χ0n) is 12.5. The number of aromatic nitrogens is 3. The fourth-order valence-electron chi connectivity index (χ4n) is 2.63. The maximum Gasteiger partial charge on any atom is 0.255 e. The molecule has 1 aliphatic rings.